The number of halogens is 1. The number of nitrogens with one attached hydrogen (secondary N) is 3. The van der Waals surface area contributed by atoms with Crippen LogP contribution in [0.2, 0.25) is 5.02 Å². The summed E-state index contributed by atoms with van der Waals surface area (Å²) in [4.78, 5) is 66.4. The van der Waals surface area contributed by atoms with Crippen molar-refractivity contribution >= 4 is 46.1 Å². The minimum absolute atomic E-state index is 0.100. The molecule has 3 N–H and O–H groups in total. The summed E-state index contributed by atoms with van der Waals surface area (Å²) in [5.74, 6) is -1.68. The Balaban J connectivity index is 1.11. The summed E-state index contributed by atoms with van der Waals surface area (Å²) < 4.78 is 0. The standard InChI is InChI=1S/C42H43ClN6O4/c1-44-41(52)37(14-5-10-27-8-3-2-4-9-27)47-40(51)36-26-48(39(50)19-31-22-46-38-20-33(43)15-16-34(31)38)23-32-24-49(25-35(32)36)42(53)29-12-6-11-28(18-29)30-13-7-17-45-21-30/h2-4,6-9,11-13,15-18,20-22,32,35-37,46H,5,10,14,19,23-26H2,1H3,(H,44,52)(H,47,51)/t32?,35?,36?,37-/m0/s1. The van der Waals surface area contributed by atoms with Crippen LogP contribution in [0, 0.1) is 17.8 Å². The largest absolute Gasteiger partial charge is 0.361 e. The Bertz CT molecular complexity index is 2100. The zero-order valence-electron chi connectivity index (χ0n) is 29.6. The number of carbonyl (C=O) groups is 4. The molecule has 11 heteroatoms. The second kappa shape index (κ2) is 16.0. The SMILES string of the molecule is CNC(=O)[C@H](CCCc1ccccc1)NC(=O)C1CN(C(=O)Cc2c[nH]c3cc(Cl)ccc23)CC2CN(C(=O)c3cccc(-c4cccnc4)c3)CC21. The highest BCUT2D eigenvalue weighted by Gasteiger charge is 2.48. The molecule has 2 aromatic heterocycles. The molecule has 2 fully saturated rings. The van der Waals surface area contributed by atoms with Crippen LogP contribution in [-0.4, -0.2) is 82.7 Å². The molecule has 4 amide bonds. The first kappa shape index (κ1) is 35.9. The second-order valence-corrected chi connectivity index (χ2v) is 14.5. The smallest absolute Gasteiger partial charge is 0.253 e. The number of hydrogen-bond donors (Lipinski definition) is 3. The Morgan fingerprint density at radius 3 is 2.51 bits per heavy atom. The van der Waals surface area contributed by atoms with Crippen LogP contribution in [0.3, 0.4) is 0 Å². The van der Waals surface area contributed by atoms with Crippen LogP contribution in [-0.2, 0) is 27.2 Å². The van der Waals surface area contributed by atoms with Crippen LogP contribution >= 0.6 is 11.6 Å². The van der Waals surface area contributed by atoms with Gasteiger partial charge in [-0.1, -0.05) is 66.2 Å². The van der Waals surface area contributed by atoms with E-state index in [4.69, 9.17) is 11.6 Å². The molecule has 3 aromatic carbocycles. The maximum absolute atomic E-state index is 14.3. The molecule has 2 aliphatic rings. The van der Waals surface area contributed by atoms with Crippen molar-refractivity contribution in [2.45, 2.75) is 31.7 Å². The van der Waals surface area contributed by atoms with Gasteiger partial charge >= 0.3 is 0 Å². The number of hydrogen-bond acceptors (Lipinski definition) is 5. The van der Waals surface area contributed by atoms with Crippen LogP contribution in [0.1, 0.15) is 34.3 Å². The van der Waals surface area contributed by atoms with Crippen molar-refractivity contribution in [1.29, 1.82) is 0 Å². The van der Waals surface area contributed by atoms with Gasteiger partial charge in [0.1, 0.15) is 6.04 Å². The van der Waals surface area contributed by atoms with Crippen LogP contribution in [0.4, 0.5) is 0 Å². The van der Waals surface area contributed by atoms with Gasteiger partial charge in [-0.2, -0.15) is 0 Å². The molecule has 0 spiro atoms. The highest BCUT2D eigenvalue weighted by atomic mass is 35.5. The maximum atomic E-state index is 14.3. The Labute approximate surface area is 313 Å². The lowest BCUT2D eigenvalue weighted by atomic mass is 9.79. The molecule has 4 atom stereocenters. The van der Waals surface area contributed by atoms with Crippen molar-refractivity contribution in [3.8, 4) is 11.1 Å². The highest BCUT2D eigenvalue weighted by molar-refractivity contribution is 6.31. The number of carbonyl (C=O) groups excluding carboxylic acids is 4. The lowest BCUT2D eigenvalue weighted by molar-refractivity contribution is -0.140. The van der Waals surface area contributed by atoms with Crippen LogP contribution < -0.4 is 10.6 Å². The fourth-order valence-electron chi connectivity index (χ4n) is 7.93. The van der Waals surface area contributed by atoms with Crippen molar-refractivity contribution in [2.24, 2.45) is 17.8 Å². The number of fused-ring (bicyclic) bond motifs is 2. The normalized spacial score (nSPS) is 18.7. The quantitative estimate of drug-likeness (QED) is 0.165. The van der Waals surface area contributed by atoms with Crippen LogP contribution in [0.25, 0.3) is 22.0 Å². The molecule has 0 saturated carbocycles. The van der Waals surface area contributed by atoms with Crippen LogP contribution in [0.15, 0.2) is 104 Å². The van der Waals surface area contributed by atoms with E-state index in [1.807, 2.05) is 77.8 Å². The van der Waals surface area contributed by atoms with E-state index in [9.17, 15) is 19.2 Å². The average molecular weight is 731 g/mol. The summed E-state index contributed by atoms with van der Waals surface area (Å²) >= 11 is 6.19. The summed E-state index contributed by atoms with van der Waals surface area (Å²) in [7, 11) is 1.57. The molecule has 272 valence electrons. The molecule has 0 bridgehead atoms. The van der Waals surface area contributed by atoms with Gasteiger partial charge in [-0.3, -0.25) is 24.2 Å². The van der Waals surface area contributed by atoms with Crippen molar-refractivity contribution in [1.82, 2.24) is 30.4 Å². The number of aryl methyl sites for hydroxylation is 1. The lowest BCUT2D eigenvalue weighted by Gasteiger charge is -2.40. The number of piperidine rings is 1. The molecule has 10 nitrogen and oxygen atoms in total. The maximum Gasteiger partial charge on any atom is 0.253 e. The number of rotatable bonds is 11. The molecule has 2 aliphatic heterocycles. The van der Waals surface area contributed by atoms with Gasteiger partial charge in [-0.05, 0) is 78.1 Å². The van der Waals surface area contributed by atoms with Gasteiger partial charge in [0.2, 0.25) is 17.7 Å². The highest BCUT2D eigenvalue weighted by Crippen LogP contribution is 2.37. The first-order valence-electron chi connectivity index (χ1n) is 18.2. The summed E-state index contributed by atoms with van der Waals surface area (Å²) in [6.45, 7) is 1.41. The van der Waals surface area contributed by atoms with Gasteiger partial charge in [-0.25, -0.2) is 0 Å². The number of amides is 4. The fraction of sp³-hybridized carbons (Fsp3) is 0.310. The number of pyridine rings is 1. The number of benzene rings is 3. The van der Waals surface area contributed by atoms with Crippen molar-refractivity contribution in [2.75, 3.05) is 33.2 Å². The molecule has 7 rings (SSSR count). The molecular formula is C42H43ClN6O4. The summed E-state index contributed by atoms with van der Waals surface area (Å²) in [6, 6.07) is 26.2. The van der Waals surface area contributed by atoms with Gasteiger partial charge in [0.05, 0.1) is 12.3 Å². The predicted octanol–water partition coefficient (Wildman–Crippen LogP) is 5.53. The van der Waals surface area contributed by atoms with Gasteiger partial charge < -0.3 is 25.4 Å². The number of H-pyrrole nitrogens is 1. The third-order valence-electron chi connectivity index (χ3n) is 10.7. The molecular weight excluding hydrogens is 688 g/mol. The summed E-state index contributed by atoms with van der Waals surface area (Å²) in [6.07, 6.45) is 7.41. The Morgan fingerprint density at radius 1 is 0.906 bits per heavy atom. The molecule has 0 radical (unpaired) electrons. The second-order valence-electron chi connectivity index (χ2n) is 14.1. The van der Waals surface area contributed by atoms with E-state index >= 15 is 0 Å². The minimum Gasteiger partial charge on any atom is -0.361 e. The molecule has 0 aliphatic carbocycles. The first-order chi connectivity index (χ1) is 25.8. The zero-order valence-corrected chi connectivity index (χ0v) is 30.4. The van der Waals surface area contributed by atoms with E-state index < -0.39 is 12.0 Å². The topological polar surface area (TPSA) is 128 Å². The monoisotopic (exact) mass is 730 g/mol. The van der Waals surface area contributed by atoms with Crippen molar-refractivity contribution in [3.63, 3.8) is 0 Å². The van der Waals surface area contributed by atoms with E-state index in [0.29, 0.717) is 43.1 Å². The number of aromatic nitrogens is 2. The summed E-state index contributed by atoms with van der Waals surface area (Å²) in [5, 5.41) is 7.29. The molecule has 4 heterocycles. The molecule has 53 heavy (non-hydrogen) atoms. The minimum atomic E-state index is -0.729. The van der Waals surface area contributed by atoms with Gasteiger partial charge in [0, 0.05) is 78.9 Å². The number of likely N-dealkylation sites (N-methyl/N-ethyl adjacent to an activating group) is 1. The van der Waals surface area contributed by atoms with Gasteiger partial charge in [0.25, 0.3) is 5.91 Å². The van der Waals surface area contributed by atoms with Crippen molar-refractivity contribution < 1.29 is 19.2 Å². The van der Waals surface area contributed by atoms with E-state index in [1.54, 1.807) is 30.4 Å². The third-order valence-corrected chi connectivity index (χ3v) is 10.9. The molecule has 3 unspecified atom stereocenters. The van der Waals surface area contributed by atoms with Crippen LogP contribution in [0.5, 0.6) is 0 Å². The Kier molecular flexibility index (Phi) is 10.9. The zero-order chi connectivity index (χ0) is 36.9. The van der Waals surface area contributed by atoms with Gasteiger partial charge in [0.15, 0.2) is 0 Å². The molecule has 2 saturated heterocycles. The van der Waals surface area contributed by atoms with E-state index in [1.165, 1.54) is 5.56 Å². The first-order valence-corrected chi connectivity index (χ1v) is 18.5. The van der Waals surface area contributed by atoms with E-state index in [0.717, 1.165) is 34.0 Å². The third kappa shape index (κ3) is 8.13. The summed E-state index contributed by atoms with van der Waals surface area (Å²) in [5.41, 5.74) is 5.22. The van der Waals surface area contributed by atoms with Crippen molar-refractivity contribution in [3.05, 3.63) is 125 Å². The molecule has 5 aromatic rings. The predicted molar refractivity (Wildman–Crippen MR) is 205 cm³/mol. The average Bonchev–Trinajstić information content (AvgIpc) is 3.81. The lowest BCUT2D eigenvalue weighted by Crippen LogP contribution is -2.56. The fourth-order valence-corrected chi connectivity index (χ4v) is 8.10. The number of likely N-dealkylation sites (tertiary alicyclic amines) is 2. The van der Waals surface area contributed by atoms with E-state index in [2.05, 4.69) is 32.7 Å². The number of aromatic amines is 1. The number of nitrogens with zero attached hydrogens (tertiary/aromatic N) is 3. The Morgan fingerprint density at radius 2 is 1.72 bits per heavy atom. The van der Waals surface area contributed by atoms with Gasteiger partial charge in [-0.15, -0.1) is 0 Å². The Hall–Kier alpha value is -5.48. The van der Waals surface area contributed by atoms with E-state index in [-0.39, 0.29) is 48.4 Å².